The summed E-state index contributed by atoms with van der Waals surface area (Å²) in [6.45, 7) is 1.90. The molecule has 2 fully saturated rings. The molecule has 0 spiro atoms. The van der Waals surface area contributed by atoms with Crippen molar-refractivity contribution in [3.05, 3.63) is 28.2 Å². The third-order valence-electron chi connectivity index (χ3n) is 4.24. The van der Waals surface area contributed by atoms with Gasteiger partial charge in [0.2, 0.25) is 5.91 Å². The SMILES string of the molecule is N#Cc1ccc(N2CCC3NC(=O)CCC3C2)c(Br)c1. The van der Waals surface area contributed by atoms with E-state index < -0.39 is 0 Å². The molecule has 104 valence electrons. The second kappa shape index (κ2) is 5.45. The average molecular weight is 334 g/mol. The van der Waals surface area contributed by atoms with E-state index in [4.69, 9.17) is 5.26 Å². The molecular weight excluding hydrogens is 318 g/mol. The van der Waals surface area contributed by atoms with Crippen LogP contribution in [0.1, 0.15) is 24.8 Å². The summed E-state index contributed by atoms with van der Waals surface area (Å²) in [5.41, 5.74) is 1.81. The highest BCUT2D eigenvalue weighted by atomic mass is 79.9. The van der Waals surface area contributed by atoms with Crippen LogP contribution in [-0.4, -0.2) is 25.0 Å². The van der Waals surface area contributed by atoms with Crippen molar-refractivity contribution < 1.29 is 4.79 Å². The number of carbonyl (C=O) groups is 1. The molecule has 1 aromatic rings. The number of halogens is 1. The number of nitrogens with one attached hydrogen (secondary N) is 1. The van der Waals surface area contributed by atoms with Gasteiger partial charge in [0.15, 0.2) is 0 Å². The number of anilines is 1. The number of benzene rings is 1. The lowest BCUT2D eigenvalue weighted by atomic mass is 9.85. The normalized spacial score (nSPS) is 25.6. The molecule has 5 heteroatoms. The molecule has 0 radical (unpaired) electrons. The fourth-order valence-corrected chi connectivity index (χ4v) is 3.79. The van der Waals surface area contributed by atoms with E-state index >= 15 is 0 Å². The fourth-order valence-electron chi connectivity index (χ4n) is 3.16. The van der Waals surface area contributed by atoms with Crippen molar-refractivity contribution in [2.45, 2.75) is 25.3 Å². The molecule has 2 aliphatic heterocycles. The van der Waals surface area contributed by atoms with Gasteiger partial charge < -0.3 is 10.2 Å². The Hall–Kier alpha value is -1.54. The number of rotatable bonds is 1. The summed E-state index contributed by atoms with van der Waals surface area (Å²) in [6.07, 6.45) is 2.60. The predicted molar refractivity (Wildman–Crippen MR) is 80.3 cm³/mol. The molecule has 1 aromatic carbocycles. The Morgan fingerprint density at radius 3 is 3.00 bits per heavy atom. The maximum atomic E-state index is 11.4. The number of piperidine rings is 2. The molecule has 2 aliphatic rings. The van der Waals surface area contributed by atoms with Crippen LogP contribution in [0.15, 0.2) is 22.7 Å². The number of carbonyl (C=O) groups excluding carboxylic acids is 1. The lowest BCUT2D eigenvalue weighted by molar-refractivity contribution is -0.124. The van der Waals surface area contributed by atoms with Crippen molar-refractivity contribution in [1.29, 1.82) is 5.26 Å². The summed E-state index contributed by atoms with van der Waals surface area (Å²) in [5, 5.41) is 12.0. The zero-order chi connectivity index (χ0) is 14.1. The molecule has 1 amide bonds. The molecule has 3 rings (SSSR count). The zero-order valence-corrected chi connectivity index (χ0v) is 12.7. The molecule has 2 saturated heterocycles. The molecule has 20 heavy (non-hydrogen) atoms. The number of amides is 1. The predicted octanol–water partition coefficient (Wildman–Crippen LogP) is 2.43. The molecule has 2 unspecified atom stereocenters. The smallest absolute Gasteiger partial charge is 0.220 e. The van der Waals surface area contributed by atoms with E-state index in [9.17, 15) is 4.79 Å². The molecule has 2 atom stereocenters. The Morgan fingerprint density at radius 2 is 2.25 bits per heavy atom. The first-order chi connectivity index (χ1) is 9.67. The monoisotopic (exact) mass is 333 g/mol. The van der Waals surface area contributed by atoms with Crippen molar-refractivity contribution >= 4 is 27.5 Å². The van der Waals surface area contributed by atoms with Crippen LogP contribution in [0.5, 0.6) is 0 Å². The van der Waals surface area contributed by atoms with Gasteiger partial charge in [-0.3, -0.25) is 4.79 Å². The van der Waals surface area contributed by atoms with Crippen molar-refractivity contribution in [2.24, 2.45) is 5.92 Å². The second-order valence-corrected chi connectivity index (χ2v) is 6.34. The molecule has 1 N–H and O–H groups in total. The molecule has 2 heterocycles. The molecule has 0 saturated carbocycles. The highest BCUT2D eigenvalue weighted by Gasteiger charge is 2.34. The van der Waals surface area contributed by atoms with Crippen molar-refractivity contribution in [3.8, 4) is 6.07 Å². The number of nitrogens with zero attached hydrogens (tertiary/aromatic N) is 2. The molecule has 0 aromatic heterocycles. The highest BCUT2D eigenvalue weighted by Crippen LogP contribution is 2.33. The van der Waals surface area contributed by atoms with Gasteiger partial charge >= 0.3 is 0 Å². The van der Waals surface area contributed by atoms with Crippen LogP contribution < -0.4 is 10.2 Å². The zero-order valence-electron chi connectivity index (χ0n) is 11.1. The summed E-state index contributed by atoms with van der Waals surface area (Å²) >= 11 is 3.56. The van der Waals surface area contributed by atoms with E-state index in [2.05, 4.69) is 32.2 Å². The second-order valence-electron chi connectivity index (χ2n) is 5.49. The van der Waals surface area contributed by atoms with Gasteiger partial charge in [0, 0.05) is 30.0 Å². The van der Waals surface area contributed by atoms with E-state index in [1.807, 2.05) is 18.2 Å². The van der Waals surface area contributed by atoms with E-state index in [-0.39, 0.29) is 5.91 Å². The molecule has 4 nitrogen and oxygen atoms in total. The Bertz CT molecular complexity index is 581. The van der Waals surface area contributed by atoms with Crippen LogP contribution in [0.2, 0.25) is 0 Å². The Balaban J connectivity index is 1.76. The first kappa shape index (κ1) is 13.4. The third kappa shape index (κ3) is 2.53. The Morgan fingerprint density at radius 1 is 1.40 bits per heavy atom. The van der Waals surface area contributed by atoms with Gasteiger partial charge in [0.1, 0.15) is 0 Å². The maximum Gasteiger partial charge on any atom is 0.220 e. The van der Waals surface area contributed by atoms with Crippen LogP contribution in [0.3, 0.4) is 0 Å². The third-order valence-corrected chi connectivity index (χ3v) is 4.88. The fraction of sp³-hybridized carbons (Fsp3) is 0.467. The van der Waals surface area contributed by atoms with Gasteiger partial charge in [-0.1, -0.05) is 0 Å². The topological polar surface area (TPSA) is 56.1 Å². The lowest BCUT2D eigenvalue weighted by Crippen LogP contribution is -2.54. The largest absolute Gasteiger partial charge is 0.370 e. The van der Waals surface area contributed by atoms with Gasteiger partial charge in [0.25, 0.3) is 0 Å². The average Bonchev–Trinajstić information content (AvgIpc) is 2.46. The van der Waals surface area contributed by atoms with Crippen molar-refractivity contribution in [2.75, 3.05) is 18.0 Å². The van der Waals surface area contributed by atoms with E-state index in [0.29, 0.717) is 23.9 Å². The first-order valence-electron chi connectivity index (χ1n) is 6.91. The van der Waals surface area contributed by atoms with Gasteiger partial charge in [-0.25, -0.2) is 0 Å². The molecular formula is C15H16BrN3O. The summed E-state index contributed by atoms with van der Waals surface area (Å²) < 4.78 is 0.967. The van der Waals surface area contributed by atoms with Gasteiger partial charge in [0.05, 0.1) is 17.3 Å². The summed E-state index contributed by atoms with van der Waals surface area (Å²) in [6, 6.07) is 8.22. The van der Waals surface area contributed by atoms with Gasteiger partial charge in [-0.2, -0.15) is 5.26 Å². The van der Waals surface area contributed by atoms with E-state index in [1.54, 1.807) is 0 Å². The quantitative estimate of drug-likeness (QED) is 0.858. The van der Waals surface area contributed by atoms with Gasteiger partial charge in [-0.15, -0.1) is 0 Å². The van der Waals surface area contributed by atoms with Crippen molar-refractivity contribution in [1.82, 2.24) is 5.32 Å². The summed E-state index contributed by atoms with van der Waals surface area (Å²) in [7, 11) is 0. The van der Waals surface area contributed by atoms with E-state index in [1.165, 1.54) is 0 Å². The molecule has 0 bridgehead atoms. The maximum absolute atomic E-state index is 11.4. The Labute approximate surface area is 126 Å². The number of fused-ring (bicyclic) bond motifs is 1. The van der Waals surface area contributed by atoms with Crippen molar-refractivity contribution in [3.63, 3.8) is 0 Å². The first-order valence-corrected chi connectivity index (χ1v) is 7.70. The van der Waals surface area contributed by atoms with Crippen LogP contribution in [0.25, 0.3) is 0 Å². The van der Waals surface area contributed by atoms with Crippen LogP contribution in [-0.2, 0) is 4.79 Å². The summed E-state index contributed by atoms with van der Waals surface area (Å²) in [4.78, 5) is 13.8. The number of hydrogen-bond donors (Lipinski definition) is 1. The van der Waals surface area contributed by atoms with Gasteiger partial charge in [-0.05, 0) is 52.9 Å². The lowest BCUT2D eigenvalue weighted by Gasteiger charge is -2.42. The number of nitriles is 1. The highest BCUT2D eigenvalue weighted by molar-refractivity contribution is 9.10. The Kier molecular flexibility index (Phi) is 3.66. The standard InChI is InChI=1S/C15H16BrN3O/c16-12-7-10(8-17)1-3-14(12)19-6-5-13-11(9-19)2-4-15(20)18-13/h1,3,7,11,13H,2,4-6,9H2,(H,18,20). The minimum atomic E-state index is 0.194. The van der Waals surface area contributed by atoms with Crippen LogP contribution in [0.4, 0.5) is 5.69 Å². The molecule has 0 aliphatic carbocycles. The van der Waals surface area contributed by atoms with E-state index in [0.717, 1.165) is 36.1 Å². The summed E-state index contributed by atoms with van der Waals surface area (Å²) in [5.74, 6) is 0.725. The minimum Gasteiger partial charge on any atom is -0.370 e. The van der Waals surface area contributed by atoms with Crippen LogP contribution in [0, 0.1) is 17.2 Å². The number of hydrogen-bond acceptors (Lipinski definition) is 3. The van der Waals surface area contributed by atoms with Crippen LogP contribution >= 0.6 is 15.9 Å². The minimum absolute atomic E-state index is 0.194.